The van der Waals surface area contributed by atoms with Gasteiger partial charge in [0.1, 0.15) is 0 Å². The molecule has 0 unspecified atom stereocenters. The van der Waals surface area contributed by atoms with E-state index in [1.807, 2.05) is 24.3 Å². The number of carbonyl (C=O) groups excluding carboxylic acids is 3. The van der Waals surface area contributed by atoms with Crippen molar-refractivity contribution < 1.29 is 19.1 Å². The number of hydrogen-bond donors (Lipinski definition) is 2. The molecule has 0 spiro atoms. The van der Waals surface area contributed by atoms with Gasteiger partial charge in [0.15, 0.2) is 6.61 Å². The molecule has 2 amide bonds. The number of ether oxygens (including phenoxy) is 1. The Kier molecular flexibility index (Phi) is 6.06. The first-order valence-corrected chi connectivity index (χ1v) is 9.30. The minimum atomic E-state index is -0.636. The van der Waals surface area contributed by atoms with Crippen molar-refractivity contribution in [1.82, 2.24) is 5.32 Å². The average molecular weight is 368 g/mol. The molecule has 0 aliphatic heterocycles. The molecule has 6 nitrogen and oxygen atoms in total. The maximum atomic E-state index is 12.5. The second kappa shape index (κ2) is 8.66. The van der Waals surface area contributed by atoms with Gasteiger partial charge in [-0.25, -0.2) is 4.79 Å². The molecule has 0 heterocycles. The third-order valence-corrected chi connectivity index (χ3v) is 4.72. The van der Waals surface area contributed by atoms with Crippen LogP contribution in [0.1, 0.15) is 49.4 Å². The summed E-state index contributed by atoms with van der Waals surface area (Å²) in [6.07, 6.45) is 5.37. The molecule has 1 fully saturated rings. The molecular weight excluding hydrogens is 344 g/mol. The van der Waals surface area contributed by atoms with E-state index in [0.29, 0.717) is 5.69 Å². The Morgan fingerprint density at radius 1 is 1.04 bits per heavy atom. The van der Waals surface area contributed by atoms with Crippen molar-refractivity contribution in [3.63, 3.8) is 0 Å². The second-order valence-corrected chi connectivity index (χ2v) is 6.90. The van der Waals surface area contributed by atoms with Crippen LogP contribution in [0.15, 0.2) is 36.4 Å². The number of fused-ring (bicyclic) bond motifs is 1. The Morgan fingerprint density at radius 3 is 2.37 bits per heavy atom. The lowest BCUT2D eigenvalue weighted by atomic mass is 9.95. The van der Waals surface area contributed by atoms with Gasteiger partial charge in [-0.1, -0.05) is 43.5 Å². The van der Waals surface area contributed by atoms with E-state index in [1.54, 1.807) is 12.1 Å². The summed E-state index contributed by atoms with van der Waals surface area (Å²) in [5.74, 6) is -1.21. The van der Waals surface area contributed by atoms with Crippen LogP contribution in [0, 0.1) is 0 Å². The van der Waals surface area contributed by atoms with Crippen LogP contribution >= 0.6 is 0 Å². The van der Waals surface area contributed by atoms with Gasteiger partial charge in [-0.15, -0.1) is 0 Å². The lowest BCUT2D eigenvalue weighted by Gasteiger charge is -2.22. The van der Waals surface area contributed by atoms with E-state index in [-0.39, 0.29) is 30.0 Å². The van der Waals surface area contributed by atoms with E-state index in [1.165, 1.54) is 13.3 Å². The zero-order valence-electron chi connectivity index (χ0n) is 15.4. The largest absolute Gasteiger partial charge is 0.452 e. The average Bonchev–Trinajstić information content (AvgIpc) is 2.66. The zero-order chi connectivity index (χ0) is 19.2. The molecule has 1 aliphatic carbocycles. The zero-order valence-corrected chi connectivity index (χ0v) is 15.4. The summed E-state index contributed by atoms with van der Waals surface area (Å²) in [7, 11) is 0. The molecule has 27 heavy (non-hydrogen) atoms. The Labute approximate surface area is 158 Å². The molecule has 0 saturated heterocycles. The van der Waals surface area contributed by atoms with Crippen LogP contribution in [0.5, 0.6) is 0 Å². The molecule has 2 N–H and O–H groups in total. The maximum absolute atomic E-state index is 12.5. The second-order valence-electron chi connectivity index (χ2n) is 6.90. The van der Waals surface area contributed by atoms with Gasteiger partial charge in [0.05, 0.1) is 11.3 Å². The summed E-state index contributed by atoms with van der Waals surface area (Å²) >= 11 is 0. The molecular formula is C21H24N2O4. The topological polar surface area (TPSA) is 84.5 Å². The maximum Gasteiger partial charge on any atom is 0.340 e. The number of amides is 2. The Balaban J connectivity index is 1.69. The van der Waals surface area contributed by atoms with E-state index in [9.17, 15) is 14.4 Å². The number of benzene rings is 2. The highest BCUT2D eigenvalue weighted by Crippen LogP contribution is 2.25. The molecule has 142 valence electrons. The van der Waals surface area contributed by atoms with Crippen LogP contribution in [0.3, 0.4) is 0 Å². The highest BCUT2D eigenvalue weighted by atomic mass is 16.5. The Hall–Kier alpha value is -2.89. The first-order valence-electron chi connectivity index (χ1n) is 9.30. The van der Waals surface area contributed by atoms with E-state index < -0.39 is 5.97 Å². The number of esters is 1. The highest BCUT2D eigenvalue weighted by molar-refractivity contribution is 6.05. The van der Waals surface area contributed by atoms with Crippen LogP contribution in [-0.2, 0) is 14.3 Å². The van der Waals surface area contributed by atoms with Gasteiger partial charge in [-0.3, -0.25) is 9.59 Å². The van der Waals surface area contributed by atoms with E-state index >= 15 is 0 Å². The summed E-state index contributed by atoms with van der Waals surface area (Å²) in [4.78, 5) is 36.1. The molecule has 0 aromatic heterocycles. The fraction of sp³-hybridized carbons (Fsp3) is 0.381. The van der Waals surface area contributed by atoms with Gasteiger partial charge in [-0.05, 0) is 35.7 Å². The van der Waals surface area contributed by atoms with Crippen molar-refractivity contribution in [3.05, 3.63) is 42.0 Å². The molecule has 6 heteroatoms. The SMILES string of the molecule is CC(=O)Nc1cc2ccccc2cc1C(=O)OCC(=O)NC1CCCCC1. The normalized spacial score (nSPS) is 14.6. The van der Waals surface area contributed by atoms with Crippen molar-refractivity contribution >= 4 is 34.2 Å². The third-order valence-electron chi connectivity index (χ3n) is 4.72. The van der Waals surface area contributed by atoms with E-state index in [2.05, 4.69) is 10.6 Å². The van der Waals surface area contributed by atoms with Gasteiger partial charge in [0.2, 0.25) is 5.91 Å². The standard InChI is InChI=1S/C21H24N2O4/c1-14(24)22-19-12-16-8-6-5-7-15(16)11-18(19)21(26)27-13-20(25)23-17-9-3-2-4-10-17/h5-8,11-12,17H,2-4,9-10,13H2,1H3,(H,22,24)(H,23,25). The number of rotatable bonds is 5. The lowest BCUT2D eigenvalue weighted by molar-refractivity contribution is -0.125. The first-order chi connectivity index (χ1) is 13.0. The predicted molar refractivity (Wildman–Crippen MR) is 104 cm³/mol. The van der Waals surface area contributed by atoms with Gasteiger partial charge in [0.25, 0.3) is 5.91 Å². The molecule has 0 atom stereocenters. The number of carbonyl (C=O) groups is 3. The van der Waals surface area contributed by atoms with Gasteiger partial charge >= 0.3 is 5.97 Å². The molecule has 2 aromatic rings. The minimum Gasteiger partial charge on any atom is -0.452 e. The van der Waals surface area contributed by atoms with Crippen LogP contribution in [-0.4, -0.2) is 30.4 Å². The van der Waals surface area contributed by atoms with Crippen LogP contribution in [0.4, 0.5) is 5.69 Å². The molecule has 0 radical (unpaired) electrons. The van der Waals surface area contributed by atoms with Crippen LogP contribution in [0.2, 0.25) is 0 Å². The van der Waals surface area contributed by atoms with Gasteiger partial charge < -0.3 is 15.4 Å². The molecule has 2 aromatic carbocycles. The third kappa shape index (κ3) is 5.06. The summed E-state index contributed by atoms with van der Waals surface area (Å²) < 4.78 is 5.20. The number of nitrogens with one attached hydrogen (secondary N) is 2. The molecule has 3 rings (SSSR count). The van der Waals surface area contributed by atoms with Crippen molar-refractivity contribution in [1.29, 1.82) is 0 Å². The summed E-state index contributed by atoms with van der Waals surface area (Å²) in [5, 5.41) is 7.32. The first kappa shape index (κ1) is 18.9. The van der Waals surface area contributed by atoms with E-state index in [4.69, 9.17) is 4.74 Å². The Bertz CT molecular complexity index is 856. The van der Waals surface area contributed by atoms with Crippen molar-refractivity contribution in [2.45, 2.75) is 45.1 Å². The van der Waals surface area contributed by atoms with Gasteiger partial charge in [0, 0.05) is 13.0 Å². The van der Waals surface area contributed by atoms with E-state index in [0.717, 1.165) is 36.5 Å². The lowest BCUT2D eigenvalue weighted by Crippen LogP contribution is -2.38. The smallest absolute Gasteiger partial charge is 0.340 e. The molecule has 1 aliphatic rings. The Morgan fingerprint density at radius 2 is 1.70 bits per heavy atom. The number of anilines is 1. The highest BCUT2D eigenvalue weighted by Gasteiger charge is 2.19. The predicted octanol–water partition coefficient (Wildman–Crippen LogP) is 3.40. The monoisotopic (exact) mass is 368 g/mol. The van der Waals surface area contributed by atoms with Gasteiger partial charge in [-0.2, -0.15) is 0 Å². The van der Waals surface area contributed by atoms with Crippen molar-refractivity contribution in [2.24, 2.45) is 0 Å². The fourth-order valence-electron chi connectivity index (χ4n) is 3.43. The summed E-state index contributed by atoms with van der Waals surface area (Å²) in [6.45, 7) is 1.05. The molecule has 1 saturated carbocycles. The summed E-state index contributed by atoms with van der Waals surface area (Å²) in [5.41, 5.74) is 0.605. The number of hydrogen-bond acceptors (Lipinski definition) is 4. The molecule has 0 bridgehead atoms. The fourth-order valence-corrected chi connectivity index (χ4v) is 3.43. The van der Waals surface area contributed by atoms with Crippen molar-refractivity contribution in [2.75, 3.05) is 11.9 Å². The quantitative estimate of drug-likeness (QED) is 0.792. The van der Waals surface area contributed by atoms with Crippen LogP contribution < -0.4 is 10.6 Å². The summed E-state index contributed by atoms with van der Waals surface area (Å²) in [6, 6.07) is 11.1. The van der Waals surface area contributed by atoms with Crippen molar-refractivity contribution in [3.8, 4) is 0 Å². The minimum absolute atomic E-state index is 0.167. The van der Waals surface area contributed by atoms with Crippen LogP contribution in [0.25, 0.3) is 10.8 Å².